The molecule has 0 heterocycles. The molecule has 34 heavy (non-hydrogen) atoms. The lowest BCUT2D eigenvalue weighted by Crippen LogP contribution is -2.60. The number of hydrogen-bond donors (Lipinski definition) is 3. The molecule has 0 saturated heterocycles. The lowest BCUT2D eigenvalue weighted by Gasteiger charge is -2.32. The molecule has 180 valence electrons. The molecule has 1 unspecified atom stereocenters. The van der Waals surface area contributed by atoms with Crippen molar-refractivity contribution in [3.63, 3.8) is 0 Å². The van der Waals surface area contributed by atoms with Gasteiger partial charge in [0, 0.05) is 12.0 Å². The van der Waals surface area contributed by atoms with E-state index in [0.717, 1.165) is 35.1 Å². The van der Waals surface area contributed by atoms with Crippen molar-refractivity contribution in [2.75, 3.05) is 6.61 Å². The molecule has 0 aromatic heterocycles. The van der Waals surface area contributed by atoms with Crippen LogP contribution in [0.25, 0.3) is 11.1 Å². The number of carbonyl (C=O) groups is 3. The number of rotatable bonds is 9. The summed E-state index contributed by atoms with van der Waals surface area (Å²) >= 11 is 0. The van der Waals surface area contributed by atoms with Gasteiger partial charge in [0.15, 0.2) is 0 Å². The summed E-state index contributed by atoms with van der Waals surface area (Å²) in [4.78, 5) is 37.3. The Hall–Kier alpha value is -3.35. The molecule has 1 fully saturated rings. The minimum atomic E-state index is -1.16. The molecule has 2 amide bonds. The van der Waals surface area contributed by atoms with E-state index in [9.17, 15) is 19.5 Å². The van der Waals surface area contributed by atoms with Gasteiger partial charge in [-0.05, 0) is 53.9 Å². The number of carboxylic acid groups (broad SMARTS) is 1. The van der Waals surface area contributed by atoms with Gasteiger partial charge < -0.3 is 20.5 Å². The molecule has 1 saturated carbocycles. The summed E-state index contributed by atoms with van der Waals surface area (Å²) in [5.41, 5.74) is 3.37. The predicted molar refractivity (Wildman–Crippen MR) is 128 cm³/mol. The Bertz CT molecular complexity index is 1050. The summed E-state index contributed by atoms with van der Waals surface area (Å²) in [7, 11) is 0. The SMILES string of the molecule is CC(C)[C@@H](CC(=O)O)NC(=O)C(C)(NC(=O)OCC1c2ccccc2-c2ccccc21)C1CC1. The van der Waals surface area contributed by atoms with Crippen LogP contribution in [-0.2, 0) is 14.3 Å². The van der Waals surface area contributed by atoms with Gasteiger partial charge in [-0.1, -0.05) is 62.4 Å². The van der Waals surface area contributed by atoms with Crippen LogP contribution in [0.2, 0.25) is 0 Å². The van der Waals surface area contributed by atoms with E-state index in [-0.39, 0.29) is 36.7 Å². The maximum Gasteiger partial charge on any atom is 0.408 e. The van der Waals surface area contributed by atoms with E-state index in [1.54, 1.807) is 6.92 Å². The topological polar surface area (TPSA) is 105 Å². The largest absolute Gasteiger partial charge is 0.481 e. The van der Waals surface area contributed by atoms with Crippen molar-refractivity contribution in [2.45, 2.75) is 57.5 Å². The van der Waals surface area contributed by atoms with E-state index in [1.807, 2.05) is 38.1 Å². The zero-order valence-electron chi connectivity index (χ0n) is 19.8. The molecule has 0 spiro atoms. The van der Waals surface area contributed by atoms with E-state index < -0.39 is 23.6 Å². The van der Waals surface area contributed by atoms with Gasteiger partial charge in [-0.2, -0.15) is 0 Å². The van der Waals surface area contributed by atoms with Gasteiger partial charge in [0.2, 0.25) is 5.91 Å². The third-order valence-corrected chi connectivity index (χ3v) is 7.09. The third kappa shape index (κ3) is 4.79. The van der Waals surface area contributed by atoms with E-state index in [4.69, 9.17) is 4.74 Å². The van der Waals surface area contributed by atoms with Crippen LogP contribution >= 0.6 is 0 Å². The fourth-order valence-corrected chi connectivity index (χ4v) is 4.81. The Kier molecular flexibility index (Phi) is 6.64. The van der Waals surface area contributed by atoms with E-state index >= 15 is 0 Å². The highest BCUT2D eigenvalue weighted by atomic mass is 16.5. The molecule has 2 aromatic carbocycles. The smallest absolute Gasteiger partial charge is 0.408 e. The second-order valence-electron chi connectivity index (χ2n) is 9.85. The van der Waals surface area contributed by atoms with Crippen molar-refractivity contribution in [2.24, 2.45) is 11.8 Å². The van der Waals surface area contributed by atoms with Gasteiger partial charge in [0.1, 0.15) is 12.1 Å². The highest BCUT2D eigenvalue weighted by Gasteiger charge is 2.49. The number of carboxylic acids is 1. The van der Waals surface area contributed by atoms with E-state index in [0.29, 0.717) is 0 Å². The van der Waals surface area contributed by atoms with Crippen LogP contribution in [0.15, 0.2) is 48.5 Å². The maximum atomic E-state index is 13.2. The van der Waals surface area contributed by atoms with Crippen molar-refractivity contribution < 1.29 is 24.2 Å². The van der Waals surface area contributed by atoms with Crippen LogP contribution < -0.4 is 10.6 Å². The average Bonchev–Trinajstić information content (AvgIpc) is 3.61. The van der Waals surface area contributed by atoms with Crippen LogP contribution in [0.5, 0.6) is 0 Å². The second-order valence-corrected chi connectivity index (χ2v) is 9.85. The molecule has 2 aromatic rings. The van der Waals surface area contributed by atoms with Crippen LogP contribution in [0.4, 0.5) is 4.79 Å². The summed E-state index contributed by atoms with van der Waals surface area (Å²) in [6.07, 6.45) is 0.818. The number of ether oxygens (including phenoxy) is 1. The molecular formula is C27H32N2O5. The number of alkyl carbamates (subject to hydrolysis) is 1. The van der Waals surface area contributed by atoms with E-state index in [2.05, 4.69) is 34.9 Å². The molecule has 0 bridgehead atoms. The fraction of sp³-hybridized carbons (Fsp3) is 0.444. The normalized spacial score (nSPS) is 17.3. The number of aliphatic carboxylic acids is 1. The molecule has 3 N–H and O–H groups in total. The Morgan fingerprint density at radius 3 is 2.09 bits per heavy atom. The predicted octanol–water partition coefficient (Wildman–Crippen LogP) is 4.31. The number of nitrogens with one attached hydrogen (secondary N) is 2. The van der Waals surface area contributed by atoms with E-state index in [1.165, 1.54) is 0 Å². The average molecular weight is 465 g/mol. The van der Waals surface area contributed by atoms with Crippen LogP contribution in [0.3, 0.4) is 0 Å². The van der Waals surface area contributed by atoms with Crippen molar-refractivity contribution in [3.8, 4) is 11.1 Å². The van der Waals surface area contributed by atoms with Gasteiger partial charge in [-0.3, -0.25) is 9.59 Å². The molecule has 2 aliphatic carbocycles. The first-order valence-electron chi connectivity index (χ1n) is 11.9. The lowest BCUT2D eigenvalue weighted by molar-refractivity contribution is -0.138. The standard InChI is InChI=1S/C27H32N2O5/c1-16(2)23(14-24(30)31)28-25(32)27(3,17-12-13-17)29-26(33)34-15-22-20-10-6-4-8-18(20)19-9-5-7-11-21(19)22/h4-11,16-17,22-23H,12-15H2,1-3H3,(H,28,32)(H,29,33)(H,30,31)/t23-,27?/m1/s1. The number of fused-ring (bicyclic) bond motifs is 3. The quantitative estimate of drug-likeness (QED) is 0.513. The highest BCUT2D eigenvalue weighted by molar-refractivity contribution is 5.91. The number of amides is 2. The summed E-state index contributed by atoms with van der Waals surface area (Å²) in [5, 5.41) is 14.8. The molecule has 7 nitrogen and oxygen atoms in total. The Labute approximate surface area is 199 Å². The van der Waals surface area contributed by atoms with Crippen LogP contribution in [0, 0.1) is 11.8 Å². The summed E-state index contributed by atoms with van der Waals surface area (Å²) < 4.78 is 5.66. The van der Waals surface area contributed by atoms with Gasteiger partial charge in [0.25, 0.3) is 0 Å². The molecule has 0 radical (unpaired) electrons. The third-order valence-electron chi connectivity index (χ3n) is 7.09. The summed E-state index contributed by atoms with van der Waals surface area (Å²) in [6.45, 7) is 5.58. The zero-order chi connectivity index (χ0) is 24.5. The fourth-order valence-electron chi connectivity index (χ4n) is 4.81. The lowest BCUT2D eigenvalue weighted by atomic mass is 9.92. The molecule has 7 heteroatoms. The van der Waals surface area contributed by atoms with Crippen molar-refractivity contribution in [1.82, 2.24) is 10.6 Å². The maximum absolute atomic E-state index is 13.2. The van der Waals surface area contributed by atoms with Crippen molar-refractivity contribution in [1.29, 1.82) is 0 Å². The van der Waals surface area contributed by atoms with Crippen LogP contribution in [0.1, 0.15) is 57.1 Å². The number of hydrogen-bond acceptors (Lipinski definition) is 4. The summed E-state index contributed by atoms with van der Waals surface area (Å²) in [5.74, 6) is -1.48. The minimum Gasteiger partial charge on any atom is -0.481 e. The van der Waals surface area contributed by atoms with Crippen molar-refractivity contribution >= 4 is 18.0 Å². The minimum absolute atomic E-state index is 0.00868. The monoisotopic (exact) mass is 464 g/mol. The first-order valence-corrected chi connectivity index (χ1v) is 11.9. The molecule has 2 aliphatic rings. The molecule has 4 rings (SSSR count). The van der Waals surface area contributed by atoms with Gasteiger partial charge in [0.05, 0.1) is 6.42 Å². The van der Waals surface area contributed by atoms with Gasteiger partial charge >= 0.3 is 12.1 Å². The highest BCUT2D eigenvalue weighted by Crippen LogP contribution is 2.44. The zero-order valence-corrected chi connectivity index (χ0v) is 19.8. The van der Waals surface area contributed by atoms with Gasteiger partial charge in [-0.25, -0.2) is 4.79 Å². The molecule has 0 aliphatic heterocycles. The van der Waals surface area contributed by atoms with Crippen LogP contribution in [-0.4, -0.2) is 41.3 Å². The first kappa shape index (κ1) is 23.8. The summed E-state index contributed by atoms with van der Waals surface area (Å²) in [6, 6.07) is 15.7. The van der Waals surface area contributed by atoms with Gasteiger partial charge in [-0.15, -0.1) is 0 Å². The number of carbonyl (C=O) groups excluding carboxylic acids is 2. The van der Waals surface area contributed by atoms with Crippen molar-refractivity contribution in [3.05, 3.63) is 59.7 Å². The molecular weight excluding hydrogens is 432 g/mol. The first-order chi connectivity index (χ1) is 16.2. The Balaban J connectivity index is 1.44. The Morgan fingerprint density at radius 1 is 1.03 bits per heavy atom. The second kappa shape index (κ2) is 9.49. The Morgan fingerprint density at radius 2 is 1.59 bits per heavy atom. The molecule has 2 atom stereocenters. The number of benzene rings is 2.